The van der Waals surface area contributed by atoms with Gasteiger partial charge in [-0.2, -0.15) is 5.26 Å². The highest BCUT2D eigenvalue weighted by molar-refractivity contribution is 5.55. The molecule has 4 nitrogen and oxygen atoms in total. The summed E-state index contributed by atoms with van der Waals surface area (Å²) in [5, 5.41) is 9.33. The lowest BCUT2D eigenvalue weighted by Gasteiger charge is -2.41. The number of aromatic nitrogens is 1. The number of nitriles is 1. The Morgan fingerprint density at radius 2 is 1.95 bits per heavy atom. The summed E-state index contributed by atoms with van der Waals surface area (Å²) >= 11 is 0. The maximum absolute atomic E-state index is 9.33. The minimum atomic E-state index is 0.229. The zero-order chi connectivity index (χ0) is 14.7. The van der Waals surface area contributed by atoms with Gasteiger partial charge in [0.15, 0.2) is 0 Å². The van der Waals surface area contributed by atoms with Gasteiger partial charge in [-0.3, -0.25) is 0 Å². The first-order valence-corrected chi connectivity index (χ1v) is 7.15. The van der Waals surface area contributed by atoms with Crippen molar-refractivity contribution in [2.24, 2.45) is 0 Å². The largest absolute Gasteiger partial charge is 0.346 e. The van der Waals surface area contributed by atoms with Gasteiger partial charge in [0.05, 0.1) is 11.6 Å². The molecular formula is C17H18N4. The maximum atomic E-state index is 9.33. The van der Waals surface area contributed by atoms with Crippen molar-refractivity contribution in [1.82, 2.24) is 9.88 Å². The number of likely N-dealkylation sites (N-methyl/N-ethyl adjacent to an activating group) is 1. The summed E-state index contributed by atoms with van der Waals surface area (Å²) in [5.41, 5.74) is 1.90. The molecule has 1 unspecified atom stereocenters. The minimum Gasteiger partial charge on any atom is -0.346 e. The lowest BCUT2D eigenvalue weighted by molar-refractivity contribution is 0.268. The molecule has 1 aliphatic heterocycles. The molecule has 2 heterocycles. The third-order valence-corrected chi connectivity index (χ3v) is 3.95. The topological polar surface area (TPSA) is 43.2 Å². The van der Waals surface area contributed by atoms with Crippen LogP contribution < -0.4 is 4.90 Å². The molecule has 0 saturated carbocycles. The Labute approximate surface area is 125 Å². The van der Waals surface area contributed by atoms with E-state index in [2.05, 4.69) is 52.2 Å². The van der Waals surface area contributed by atoms with Crippen LogP contribution in [0.15, 0.2) is 48.7 Å². The van der Waals surface area contributed by atoms with Crippen LogP contribution in [0.25, 0.3) is 0 Å². The first kappa shape index (κ1) is 13.6. The summed E-state index contributed by atoms with van der Waals surface area (Å²) in [6, 6.07) is 16.6. The molecular weight excluding hydrogens is 260 g/mol. The molecule has 1 aliphatic rings. The third kappa shape index (κ3) is 2.74. The monoisotopic (exact) mass is 278 g/mol. The molecule has 0 aliphatic carbocycles. The van der Waals surface area contributed by atoms with E-state index in [4.69, 9.17) is 0 Å². The fraction of sp³-hybridized carbons (Fsp3) is 0.294. The average molecular weight is 278 g/mol. The van der Waals surface area contributed by atoms with Crippen molar-refractivity contribution < 1.29 is 0 Å². The summed E-state index contributed by atoms with van der Waals surface area (Å²) in [6.07, 6.45) is 1.76. The molecule has 0 N–H and O–H groups in total. The molecule has 0 amide bonds. The van der Waals surface area contributed by atoms with Gasteiger partial charge in [0.25, 0.3) is 0 Å². The summed E-state index contributed by atoms with van der Waals surface area (Å²) in [4.78, 5) is 9.04. The zero-order valence-electron chi connectivity index (χ0n) is 12.1. The lowest BCUT2D eigenvalue weighted by Crippen LogP contribution is -2.47. The van der Waals surface area contributed by atoms with Crippen molar-refractivity contribution in [3.05, 3.63) is 59.8 Å². The molecule has 3 rings (SSSR count). The SMILES string of the molecule is CN1CCN(c2ncccc2C#N)C(c2ccccc2)C1. The van der Waals surface area contributed by atoms with Crippen molar-refractivity contribution >= 4 is 5.82 Å². The molecule has 1 fully saturated rings. The lowest BCUT2D eigenvalue weighted by atomic mass is 10.0. The van der Waals surface area contributed by atoms with Gasteiger partial charge in [-0.1, -0.05) is 30.3 Å². The molecule has 1 atom stereocenters. The molecule has 1 aromatic carbocycles. The summed E-state index contributed by atoms with van der Waals surface area (Å²) in [5.74, 6) is 0.793. The standard InChI is InChI=1S/C17H18N4/c1-20-10-11-21(17-15(12-18)8-5-9-19-17)16(13-20)14-6-3-2-4-7-14/h2-9,16H,10-11,13H2,1H3. The highest BCUT2D eigenvalue weighted by atomic mass is 15.3. The molecule has 1 aromatic heterocycles. The number of piperazine rings is 1. The zero-order valence-corrected chi connectivity index (χ0v) is 12.1. The van der Waals surface area contributed by atoms with Gasteiger partial charge >= 0.3 is 0 Å². The summed E-state index contributed by atoms with van der Waals surface area (Å²) in [6.45, 7) is 2.79. The molecule has 1 saturated heterocycles. The number of hydrogen-bond acceptors (Lipinski definition) is 4. The van der Waals surface area contributed by atoms with E-state index < -0.39 is 0 Å². The van der Waals surface area contributed by atoms with Crippen LogP contribution in [-0.2, 0) is 0 Å². The fourth-order valence-corrected chi connectivity index (χ4v) is 2.85. The first-order chi connectivity index (χ1) is 10.3. The number of benzene rings is 1. The van der Waals surface area contributed by atoms with E-state index in [9.17, 15) is 5.26 Å². The molecule has 106 valence electrons. The molecule has 21 heavy (non-hydrogen) atoms. The Morgan fingerprint density at radius 3 is 2.71 bits per heavy atom. The van der Waals surface area contributed by atoms with Crippen LogP contribution in [0.2, 0.25) is 0 Å². The van der Waals surface area contributed by atoms with E-state index in [1.807, 2.05) is 18.2 Å². The van der Waals surface area contributed by atoms with Crippen molar-refractivity contribution in [1.29, 1.82) is 5.26 Å². The number of nitrogens with zero attached hydrogens (tertiary/aromatic N) is 4. The van der Waals surface area contributed by atoms with Crippen LogP contribution in [0.1, 0.15) is 17.2 Å². The summed E-state index contributed by atoms with van der Waals surface area (Å²) in [7, 11) is 2.14. The van der Waals surface area contributed by atoms with Crippen molar-refractivity contribution in [2.75, 3.05) is 31.6 Å². The second kappa shape index (κ2) is 5.94. The van der Waals surface area contributed by atoms with Crippen molar-refractivity contribution in [2.45, 2.75) is 6.04 Å². The van der Waals surface area contributed by atoms with Gasteiger partial charge in [0.2, 0.25) is 0 Å². The van der Waals surface area contributed by atoms with Gasteiger partial charge in [-0.15, -0.1) is 0 Å². The fourth-order valence-electron chi connectivity index (χ4n) is 2.85. The van der Waals surface area contributed by atoms with Crippen molar-refractivity contribution in [3.8, 4) is 6.07 Å². The second-order valence-electron chi connectivity index (χ2n) is 5.37. The van der Waals surface area contributed by atoms with Crippen LogP contribution in [0.3, 0.4) is 0 Å². The molecule has 0 radical (unpaired) electrons. The first-order valence-electron chi connectivity index (χ1n) is 7.15. The van der Waals surface area contributed by atoms with E-state index in [1.54, 1.807) is 6.20 Å². The van der Waals surface area contributed by atoms with Gasteiger partial charge in [-0.05, 0) is 24.7 Å². The second-order valence-corrected chi connectivity index (χ2v) is 5.37. The van der Waals surface area contributed by atoms with Crippen molar-refractivity contribution in [3.63, 3.8) is 0 Å². The van der Waals surface area contributed by atoms with E-state index in [0.29, 0.717) is 5.56 Å². The Kier molecular flexibility index (Phi) is 3.85. The predicted octanol–water partition coefficient (Wildman–Crippen LogP) is 2.45. The van der Waals surface area contributed by atoms with E-state index >= 15 is 0 Å². The number of pyridine rings is 1. The van der Waals surface area contributed by atoms with Crippen LogP contribution >= 0.6 is 0 Å². The summed E-state index contributed by atoms with van der Waals surface area (Å²) < 4.78 is 0. The number of hydrogen-bond donors (Lipinski definition) is 0. The average Bonchev–Trinajstić information content (AvgIpc) is 2.55. The van der Waals surface area contributed by atoms with Gasteiger partial charge in [-0.25, -0.2) is 4.98 Å². The van der Waals surface area contributed by atoms with Crippen LogP contribution in [-0.4, -0.2) is 36.6 Å². The highest BCUT2D eigenvalue weighted by Crippen LogP contribution is 2.30. The maximum Gasteiger partial charge on any atom is 0.147 e. The van der Waals surface area contributed by atoms with E-state index in [1.165, 1.54) is 5.56 Å². The molecule has 2 aromatic rings. The smallest absolute Gasteiger partial charge is 0.147 e. The predicted molar refractivity (Wildman–Crippen MR) is 83.0 cm³/mol. The normalized spacial score (nSPS) is 19.2. The molecule has 4 heteroatoms. The quantitative estimate of drug-likeness (QED) is 0.846. The van der Waals surface area contributed by atoms with Gasteiger partial charge in [0.1, 0.15) is 11.9 Å². The van der Waals surface area contributed by atoms with E-state index in [0.717, 1.165) is 25.5 Å². The minimum absolute atomic E-state index is 0.229. The third-order valence-electron chi connectivity index (χ3n) is 3.95. The number of rotatable bonds is 2. The molecule has 0 bridgehead atoms. The Balaban J connectivity index is 2.01. The highest BCUT2D eigenvalue weighted by Gasteiger charge is 2.28. The Bertz CT molecular complexity index is 647. The van der Waals surface area contributed by atoms with Gasteiger partial charge in [0, 0.05) is 25.8 Å². The Hall–Kier alpha value is -2.38. The van der Waals surface area contributed by atoms with Gasteiger partial charge < -0.3 is 9.80 Å². The van der Waals surface area contributed by atoms with E-state index in [-0.39, 0.29) is 6.04 Å². The van der Waals surface area contributed by atoms with Crippen LogP contribution in [0.5, 0.6) is 0 Å². The van der Waals surface area contributed by atoms with Crippen LogP contribution in [0, 0.1) is 11.3 Å². The Morgan fingerprint density at radius 1 is 1.14 bits per heavy atom. The number of anilines is 1. The molecule has 0 spiro atoms. The van der Waals surface area contributed by atoms with Crippen LogP contribution in [0.4, 0.5) is 5.82 Å².